The standard InChI is InChI=1S/C31H28F6N4O3S/c1-2-5-24-29(44-22-15-25(45-18-22)31(35,36)37,28(43)40-13-9-20-8-7-19(16-38)14-21(20)17-40)10-4-12-41(24)27(42)26-23(30(32,33)34)6-3-11-39-26/h3,6-8,11,14-15,18,24H,2,4-5,9-10,12-13,17H2,1H3/t24-,29-/m1/s1. The summed E-state index contributed by atoms with van der Waals surface area (Å²) < 4.78 is 88.5. The van der Waals surface area contributed by atoms with Crippen LogP contribution in [0.1, 0.15) is 70.2 Å². The fraction of sp³-hybridized carbons (Fsp3) is 0.419. The first kappa shape index (κ1) is 32.3. The van der Waals surface area contributed by atoms with Crippen molar-refractivity contribution in [1.29, 1.82) is 5.26 Å². The number of carbonyl (C=O) groups excluding carboxylic acids is 2. The van der Waals surface area contributed by atoms with Crippen LogP contribution in [0.5, 0.6) is 5.75 Å². The van der Waals surface area contributed by atoms with E-state index in [2.05, 4.69) is 11.1 Å². The molecule has 45 heavy (non-hydrogen) atoms. The number of halogens is 6. The Morgan fingerprint density at radius 2 is 1.89 bits per heavy atom. The lowest BCUT2D eigenvalue weighted by atomic mass is 9.79. The van der Waals surface area contributed by atoms with Crippen LogP contribution in [-0.4, -0.2) is 51.3 Å². The number of pyridine rings is 1. The molecule has 0 spiro atoms. The monoisotopic (exact) mass is 650 g/mol. The third kappa shape index (κ3) is 6.36. The summed E-state index contributed by atoms with van der Waals surface area (Å²) in [5, 5.41) is 10.5. The lowest BCUT2D eigenvalue weighted by Gasteiger charge is -2.50. The summed E-state index contributed by atoms with van der Waals surface area (Å²) in [6.07, 6.45) is -7.41. The quantitative estimate of drug-likeness (QED) is 0.272. The number of aromatic nitrogens is 1. The molecular weight excluding hydrogens is 622 g/mol. The van der Waals surface area contributed by atoms with Crippen molar-refractivity contribution in [2.45, 2.75) is 69.6 Å². The first-order valence-corrected chi connectivity index (χ1v) is 15.2. The number of nitriles is 1. The normalized spacial score (nSPS) is 20.4. The fourth-order valence-electron chi connectivity index (χ4n) is 6.14. The summed E-state index contributed by atoms with van der Waals surface area (Å²) in [6.45, 7) is 2.06. The van der Waals surface area contributed by atoms with Gasteiger partial charge in [0.1, 0.15) is 16.3 Å². The number of nitrogens with zero attached hydrogens (tertiary/aromatic N) is 4. The van der Waals surface area contributed by atoms with Crippen molar-refractivity contribution in [2.24, 2.45) is 0 Å². The molecule has 2 aliphatic heterocycles. The van der Waals surface area contributed by atoms with Crippen LogP contribution in [-0.2, 0) is 30.1 Å². The summed E-state index contributed by atoms with van der Waals surface area (Å²) >= 11 is 0.388. The average Bonchev–Trinajstić information content (AvgIpc) is 3.49. The molecule has 0 saturated carbocycles. The highest BCUT2D eigenvalue weighted by atomic mass is 32.1. The molecule has 0 unspecified atom stereocenters. The topological polar surface area (TPSA) is 86.5 Å². The molecule has 0 bridgehead atoms. The first-order valence-electron chi connectivity index (χ1n) is 14.3. The second-order valence-electron chi connectivity index (χ2n) is 11.0. The predicted octanol–water partition coefficient (Wildman–Crippen LogP) is 6.86. The molecular formula is C31H28F6N4O3S. The number of hydrogen-bond acceptors (Lipinski definition) is 6. The molecule has 2 aliphatic rings. The lowest BCUT2D eigenvalue weighted by Crippen LogP contribution is -2.68. The second kappa shape index (κ2) is 12.3. The fourth-order valence-corrected chi connectivity index (χ4v) is 6.82. The molecule has 5 rings (SSSR count). The van der Waals surface area contributed by atoms with Crippen molar-refractivity contribution >= 4 is 23.2 Å². The molecule has 1 fully saturated rings. The van der Waals surface area contributed by atoms with E-state index in [1.807, 2.05) is 0 Å². The van der Waals surface area contributed by atoms with Crippen LogP contribution in [0, 0.1) is 11.3 Å². The zero-order chi connectivity index (χ0) is 32.6. The molecule has 0 N–H and O–H groups in total. The highest BCUT2D eigenvalue weighted by Gasteiger charge is 2.56. The lowest BCUT2D eigenvalue weighted by molar-refractivity contribution is -0.160. The van der Waals surface area contributed by atoms with Crippen molar-refractivity contribution in [3.05, 3.63) is 80.8 Å². The SMILES string of the molecule is CCC[C@H]1N(C(=O)c2ncccc2C(F)(F)F)CCC[C@]1(Oc1csc(C(F)(F)F)c1)C(=O)N1CCc2ccc(C#N)cc2C1. The number of carbonyl (C=O) groups is 2. The molecule has 4 heterocycles. The molecule has 2 atom stereocenters. The number of ether oxygens (including phenoxy) is 1. The van der Waals surface area contributed by atoms with E-state index in [1.54, 1.807) is 25.1 Å². The van der Waals surface area contributed by atoms with Gasteiger partial charge in [0.05, 0.1) is 23.2 Å². The molecule has 2 amide bonds. The van der Waals surface area contributed by atoms with Gasteiger partial charge in [0.25, 0.3) is 11.8 Å². The van der Waals surface area contributed by atoms with Crippen LogP contribution >= 0.6 is 11.3 Å². The first-order chi connectivity index (χ1) is 21.3. The van der Waals surface area contributed by atoms with Crippen LogP contribution in [0.3, 0.4) is 0 Å². The van der Waals surface area contributed by atoms with Crippen molar-refractivity contribution < 1.29 is 40.7 Å². The smallest absolute Gasteiger partial charge is 0.425 e. The Kier molecular flexibility index (Phi) is 8.86. The van der Waals surface area contributed by atoms with Gasteiger partial charge in [-0.15, -0.1) is 11.3 Å². The number of rotatable bonds is 6. The predicted molar refractivity (Wildman–Crippen MR) is 151 cm³/mol. The number of thiophene rings is 1. The minimum atomic E-state index is -4.88. The number of alkyl halides is 6. The van der Waals surface area contributed by atoms with Gasteiger partial charge < -0.3 is 14.5 Å². The maximum Gasteiger partial charge on any atom is 0.425 e. The highest BCUT2D eigenvalue weighted by Crippen LogP contribution is 2.43. The van der Waals surface area contributed by atoms with Gasteiger partial charge in [-0.2, -0.15) is 31.6 Å². The van der Waals surface area contributed by atoms with E-state index in [0.29, 0.717) is 29.7 Å². The zero-order valence-corrected chi connectivity index (χ0v) is 24.9. The van der Waals surface area contributed by atoms with E-state index >= 15 is 0 Å². The maximum absolute atomic E-state index is 14.6. The van der Waals surface area contributed by atoms with E-state index in [9.17, 15) is 41.2 Å². The zero-order valence-electron chi connectivity index (χ0n) is 24.0. The van der Waals surface area contributed by atoms with Gasteiger partial charge in [-0.25, -0.2) is 0 Å². The van der Waals surface area contributed by atoms with Gasteiger partial charge in [0, 0.05) is 43.7 Å². The van der Waals surface area contributed by atoms with Gasteiger partial charge in [0.2, 0.25) is 5.60 Å². The Labute approximate surface area is 259 Å². The summed E-state index contributed by atoms with van der Waals surface area (Å²) in [6, 6.07) is 8.68. The summed E-state index contributed by atoms with van der Waals surface area (Å²) in [7, 11) is 0. The van der Waals surface area contributed by atoms with Gasteiger partial charge in [0.15, 0.2) is 0 Å². The third-order valence-electron chi connectivity index (χ3n) is 8.15. The molecule has 7 nitrogen and oxygen atoms in total. The molecule has 1 aromatic carbocycles. The average molecular weight is 651 g/mol. The molecule has 0 radical (unpaired) electrons. The highest BCUT2D eigenvalue weighted by molar-refractivity contribution is 7.10. The Morgan fingerprint density at radius 3 is 2.56 bits per heavy atom. The molecule has 1 saturated heterocycles. The maximum atomic E-state index is 14.6. The number of benzene rings is 1. The summed E-state index contributed by atoms with van der Waals surface area (Å²) in [4.78, 5) is 34.0. The number of likely N-dealkylation sites (tertiary alicyclic amines) is 1. The van der Waals surface area contributed by atoms with E-state index in [4.69, 9.17) is 4.74 Å². The molecule has 3 aromatic rings. The van der Waals surface area contributed by atoms with Gasteiger partial charge in [-0.1, -0.05) is 19.4 Å². The Hall–Kier alpha value is -4.12. The second-order valence-corrected chi connectivity index (χ2v) is 11.9. The van der Waals surface area contributed by atoms with Crippen molar-refractivity contribution in [3.63, 3.8) is 0 Å². The number of fused-ring (bicyclic) bond motifs is 1. The van der Waals surface area contributed by atoms with E-state index in [0.717, 1.165) is 45.8 Å². The van der Waals surface area contributed by atoms with Crippen LogP contribution in [0.25, 0.3) is 0 Å². The minimum absolute atomic E-state index is 0.00736. The summed E-state index contributed by atoms with van der Waals surface area (Å²) in [5.74, 6) is -1.87. The minimum Gasteiger partial charge on any atom is -0.474 e. The third-order valence-corrected chi connectivity index (χ3v) is 9.11. The van der Waals surface area contributed by atoms with Crippen molar-refractivity contribution in [1.82, 2.24) is 14.8 Å². The van der Waals surface area contributed by atoms with E-state index in [-0.39, 0.29) is 44.6 Å². The molecule has 238 valence electrons. The number of hydrogen-bond donors (Lipinski definition) is 0. The van der Waals surface area contributed by atoms with E-state index < -0.39 is 51.9 Å². The largest absolute Gasteiger partial charge is 0.474 e. The number of piperidine rings is 1. The Morgan fingerprint density at radius 1 is 1.11 bits per heavy atom. The van der Waals surface area contributed by atoms with Gasteiger partial charge >= 0.3 is 12.4 Å². The van der Waals surface area contributed by atoms with Gasteiger partial charge in [-0.05, 0) is 54.7 Å². The summed E-state index contributed by atoms with van der Waals surface area (Å²) in [5.41, 5.74) is -1.94. The molecule has 2 aromatic heterocycles. The Balaban J connectivity index is 1.59. The van der Waals surface area contributed by atoms with E-state index in [1.165, 1.54) is 4.90 Å². The van der Waals surface area contributed by atoms with Crippen LogP contribution in [0.15, 0.2) is 48.0 Å². The molecule has 0 aliphatic carbocycles. The van der Waals surface area contributed by atoms with Crippen LogP contribution in [0.2, 0.25) is 0 Å². The van der Waals surface area contributed by atoms with Gasteiger partial charge in [-0.3, -0.25) is 14.6 Å². The number of amides is 2. The van der Waals surface area contributed by atoms with Crippen LogP contribution < -0.4 is 4.74 Å². The van der Waals surface area contributed by atoms with Crippen molar-refractivity contribution in [2.75, 3.05) is 13.1 Å². The van der Waals surface area contributed by atoms with Crippen LogP contribution in [0.4, 0.5) is 26.3 Å². The Bertz CT molecular complexity index is 1630. The van der Waals surface area contributed by atoms with Crippen molar-refractivity contribution in [3.8, 4) is 11.8 Å². The molecule has 14 heteroatoms.